The summed E-state index contributed by atoms with van der Waals surface area (Å²) in [6.45, 7) is 5.69. The van der Waals surface area contributed by atoms with Crippen LogP contribution in [0.15, 0.2) is 17.1 Å². The topological polar surface area (TPSA) is 35.8 Å². The van der Waals surface area contributed by atoms with Crippen LogP contribution >= 0.6 is 0 Å². The summed E-state index contributed by atoms with van der Waals surface area (Å²) in [6.07, 6.45) is 9.75. The fourth-order valence-corrected chi connectivity index (χ4v) is 1.96. The Hall–Kier alpha value is -0.830. The second-order valence-electron chi connectivity index (χ2n) is 4.25. The molecule has 0 fully saturated rings. The highest BCUT2D eigenvalue weighted by molar-refractivity contribution is 5.83. The number of aliphatic imine (C=N–C) groups is 1. The Morgan fingerprint density at radius 2 is 2.25 bits per heavy atom. The van der Waals surface area contributed by atoms with E-state index >= 15 is 0 Å². The summed E-state index contributed by atoms with van der Waals surface area (Å²) in [4.78, 5) is 6.44. The van der Waals surface area contributed by atoms with Gasteiger partial charge in [-0.1, -0.05) is 19.1 Å². The summed E-state index contributed by atoms with van der Waals surface area (Å²) < 4.78 is 0. The van der Waals surface area contributed by atoms with Gasteiger partial charge in [0.05, 0.1) is 6.54 Å². The molecule has 0 radical (unpaired) electrons. The molecular formula is C13H24N2O. The number of hydrogen-bond acceptors (Lipinski definition) is 3. The van der Waals surface area contributed by atoms with E-state index in [4.69, 9.17) is 0 Å². The standard InChI is InChI=1S/C13H24N2O/c1-3-4-5-6-7-8-9-13-14-10-11-15(13)12(2)16/h4-5,12,16H,3,6-11H2,1-2H3/b5-4+. The number of hydrogen-bond donors (Lipinski definition) is 1. The van der Waals surface area contributed by atoms with Crippen LogP contribution < -0.4 is 0 Å². The molecule has 0 aliphatic carbocycles. The molecule has 0 saturated carbocycles. The third-order valence-corrected chi connectivity index (χ3v) is 2.84. The predicted molar refractivity (Wildman–Crippen MR) is 68.6 cm³/mol. The van der Waals surface area contributed by atoms with E-state index in [0.717, 1.165) is 44.6 Å². The van der Waals surface area contributed by atoms with Gasteiger partial charge < -0.3 is 10.0 Å². The summed E-state index contributed by atoms with van der Waals surface area (Å²) in [7, 11) is 0. The normalized spacial score (nSPS) is 18.2. The number of unbranched alkanes of at least 4 members (excludes halogenated alkanes) is 2. The number of amidine groups is 1. The smallest absolute Gasteiger partial charge is 0.125 e. The van der Waals surface area contributed by atoms with Crippen molar-refractivity contribution in [1.82, 2.24) is 4.90 Å². The molecule has 1 unspecified atom stereocenters. The molecule has 0 aromatic rings. The zero-order valence-electron chi connectivity index (χ0n) is 10.5. The molecule has 0 aromatic carbocycles. The summed E-state index contributed by atoms with van der Waals surface area (Å²) in [5.74, 6) is 1.09. The highest BCUT2D eigenvalue weighted by Gasteiger charge is 2.19. The first-order valence-corrected chi connectivity index (χ1v) is 6.38. The Bertz CT molecular complexity index is 246. The minimum atomic E-state index is -0.388. The van der Waals surface area contributed by atoms with Gasteiger partial charge in [0, 0.05) is 13.0 Å². The van der Waals surface area contributed by atoms with Crippen molar-refractivity contribution in [2.75, 3.05) is 13.1 Å². The Kier molecular flexibility index (Phi) is 6.16. The quantitative estimate of drug-likeness (QED) is 0.533. The molecule has 0 saturated heterocycles. The molecule has 3 nitrogen and oxygen atoms in total. The van der Waals surface area contributed by atoms with Crippen molar-refractivity contribution in [3.05, 3.63) is 12.2 Å². The van der Waals surface area contributed by atoms with E-state index in [1.807, 2.05) is 11.8 Å². The first-order chi connectivity index (χ1) is 7.75. The molecule has 1 aliphatic heterocycles. The van der Waals surface area contributed by atoms with E-state index in [-0.39, 0.29) is 6.23 Å². The van der Waals surface area contributed by atoms with Crippen LogP contribution in [0.5, 0.6) is 0 Å². The molecule has 1 aliphatic rings. The fraction of sp³-hybridized carbons (Fsp3) is 0.769. The largest absolute Gasteiger partial charge is 0.374 e. The molecule has 0 amide bonds. The van der Waals surface area contributed by atoms with Crippen LogP contribution in [0.2, 0.25) is 0 Å². The highest BCUT2D eigenvalue weighted by atomic mass is 16.3. The number of aliphatic hydroxyl groups excluding tert-OH is 1. The van der Waals surface area contributed by atoms with Crippen molar-refractivity contribution in [3.63, 3.8) is 0 Å². The monoisotopic (exact) mass is 224 g/mol. The first-order valence-electron chi connectivity index (χ1n) is 6.38. The van der Waals surface area contributed by atoms with Crippen molar-refractivity contribution in [1.29, 1.82) is 0 Å². The van der Waals surface area contributed by atoms with E-state index in [2.05, 4.69) is 24.1 Å². The summed E-state index contributed by atoms with van der Waals surface area (Å²) >= 11 is 0. The first kappa shape index (κ1) is 13.2. The average Bonchev–Trinajstić information content (AvgIpc) is 2.71. The molecule has 1 N–H and O–H groups in total. The van der Waals surface area contributed by atoms with Gasteiger partial charge in [0.25, 0.3) is 0 Å². The van der Waals surface area contributed by atoms with Gasteiger partial charge in [-0.2, -0.15) is 0 Å². The van der Waals surface area contributed by atoms with E-state index in [9.17, 15) is 5.11 Å². The molecule has 0 bridgehead atoms. The number of rotatable bonds is 7. The molecule has 1 atom stereocenters. The molecular weight excluding hydrogens is 200 g/mol. The maximum Gasteiger partial charge on any atom is 0.125 e. The summed E-state index contributed by atoms with van der Waals surface area (Å²) in [6, 6.07) is 0. The molecule has 16 heavy (non-hydrogen) atoms. The molecule has 3 heteroatoms. The Balaban J connectivity index is 2.15. The lowest BCUT2D eigenvalue weighted by Crippen LogP contribution is -2.35. The van der Waals surface area contributed by atoms with Gasteiger partial charge in [-0.25, -0.2) is 0 Å². The molecule has 0 spiro atoms. The van der Waals surface area contributed by atoms with Crippen LogP contribution in [-0.4, -0.2) is 35.2 Å². The Morgan fingerprint density at radius 3 is 2.94 bits per heavy atom. The van der Waals surface area contributed by atoms with Crippen LogP contribution in [0, 0.1) is 0 Å². The summed E-state index contributed by atoms with van der Waals surface area (Å²) in [5, 5.41) is 9.53. The van der Waals surface area contributed by atoms with Crippen molar-refractivity contribution >= 4 is 5.84 Å². The van der Waals surface area contributed by atoms with E-state index in [1.54, 1.807) is 0 Å². The van der Waals surface area contributed by atoms with E-state index < -0.39 is 0 Å². The number of aliphatic hydroxyl groups is 1. The van der Waals surface area contributed by atoms with Gasteiger partial charge in [0.2, 0.25) is 0 Å². The third-order valence-electron chi connectivity index (χ3n) is 2.84. The van der Waals surface area contributed by atoms with Gasteiger partial charge in [0.1, 0.15) is 12.1 Å². The fourth-order valence-electron chi connectivity index (χ4n) is 1.96. The van der Waals surface area contributed by atoms with Gasteiger partial charge in [-0.3, -0.25) is 4.99 Å². The lowest BCUT2D eigenvalue weighted by molar-refractivity contribution is 0.0766. The zero-order valence-corrected chi connectivity index (χ0v) is 10.5. The summed E-state index contributed by atoms with van der Waals surface area (Å²) in [5.41, 5.74) is 0. The second-order valence-corrected chi connectivity index (χ2v) is 4.25. The minimum Gasteiger partial charge on any atom is -0.374 e. The van der Waals surface area contributed by atoms with Crippen LogP contribution in [-0.2, 0) is 0 Å². The minimum absolute atomic E-state index is 0.388. The Labute approximate surface area is 98.9 Å². The second kappa shape index (κ2) is 7.44. The van der Waals surface area contributed by atoms with Crippen molar-refractivity contribution < 1.29 is 5.11 Å². The van der Waals surface area contributed by atoms with Gasteiger partial charge in [0.15, 0.2) is 0 Å². The predicted octanol–water partition coefficient (Wildman–Crippen LogP) is 2.57. The Morgan fingerprint density at radius 1 is 1.44 bits per heavy atom. The number of allylic oxidation sites excluding steroid dienone is 2. The molecule has 1 heterocycles. The van der Waals surface area contributed by atoms with Gasteiger partial charge >= 0.3 is 0 Å². The zero-order chi connectivity index (χ0) is 11.8. The van der Waals surface area contributed by atoms with Crippen LogP contribution in [0.25, 0.3) is 0 Å². The maximum atomic E-state index is 9.53. The molecule has 92 valence electrons. The lowest BCUT2D eigenvalue weighted by atomic mass is 10.1. The maximum absolute atomic E-state index is 9.53. The number of nitrogens with zero attached hydrogens (tertiary/aromatic N) is 2. The molecule has 0 aromatic heterocycles. The van der Waals surface area contributed by atoms with Crippen molar-refractivity contribution in [3.8, 4) is 0 Å². The highest BCUT2D eigenvalue weighted by Crippen LogP contribution is 2.12. The van der Waals surface area contributed by atoms with Crippen molar-refractivity contribution in [2.45, 2.75) is 52.2 Å². The van der Waals surface area contributed by atoms with E-state index in [1.165, 1.54) is 6.42 Å². The lowest BCUT2D eigenvalue weighted by Gasteiger charge is -2.23. The average molecular weight is 224 g/mol. The third kappa shape index (κ3) is 4.35. The molecule has 1 rings (SSSR count). The van der Waals surface area contributed by atoms with Gasteiger partial charge in [-0.15, -0.1) is 0 Å². The van der Waals surface area contributed by atoms with Crippen LogP contribution in [0.1, 0.15) is 46.0 Å². The SMILES string of the molecule is CC/C=C/CCCCC1=NCCN1C(C)O. The van der Waals surface area contributed by atoms with Crippen molar-refractivity contribution in [2.24, 2.45) is 4.99 Å². The van der Waals surface area contributed by atoms with Crippen LogP contribution in [0.3, 0.4) is 0 Å². The van der Waals surface area contributed by atoms with Gasteiger partial charge in [-0.05, 0) is 32.6 Å². The van der Waals surface area contributed by atoms with Crippen LogP contribution in [0.4, 0.5) is 0 Å². The van der Waals surface area contributed by atoms with E-state index in [0.29, 0.717) is 0 Å².